The molecule has 1 N–H and O–H groups in total. The lowest BCUT2D eigenvalue weighted by molar-refractivity contribution is -0.117. The Bertz CT molecular complexity index is 822. The van der Waals surface area contributed by atoms with Gasteiger partial charge in [-0.2, -0.15) is 5.10 Å². The zero-order valence-electron chi connectivity index (χ0n) is 15.1. The number of aryl methyl sites for hydroxylation is 1. The van der Waals surface area contributed by atoms with E-state index >= 15 is 0 Å². The van der Waals surface area contributed by atoms with Crippen molar-refractivity contribution in [1.29, 1.82) is 0 Å². The van der Waals surface area contributed by atoms with Gasteiger partial charge in [0.15, 0.2) is 0 Å². The van der Waals surface area contributed by atoms with Crippen LogP contribution in [-0.2, 0) is 24.2 Å². The maximum atomic E-state index is 12.3. The van der Waals surface area contributed by atoms with E-state index in [0.717, 1.165) is 36.2 Å². The molecular weight excluding hydrogens is 314 g/mol. The number of hydrogen-bond donors (Lipinski definition) is 1. The van der Waals surface area contributed by atoms with E-state index in [4.69, 9.17) is 0 Å². The van der Waals surface area contributed by atoms with Crippen LogP contribution in [0.1, 0.15) is 49.9 Å². The summed E-state index contributed by atoms with van der Waals surface area (Å²) in [5, 5.41) is 7.24. The molecule has 132 valence electrons. The van der Waals surface area contributed by atoms with E-state index in [2.05, 4.69) is 31.2 Å². The van der Waals surface area contributed by atoms with Gasteiger partial charge in [-0.25, -0.2) is 4.68 Å². The van der Waals surface area contributed by atoms with Gasteiger partial charge in [0.2, 0.25) is 5.91 Å². The SMILES string of the molecule is CC(C)c1ccc(NC(=O)Cn2nc3c(cc2=O)C[C@@H](C)CC3)cc1. The Balaban J connectivity index is 1.69. The Hall–Kier alpha value is -2.43. The van der Waals surface area contributed by atoms with E-state index in [0.29, 0.717) is 11.8 Å². The molecule has 1 aliphatic carbocycles. The molecule has 0 unspecified atom stereocenters. The number of nitrogens with one attached hydrogen (secondary N) is 1. The van der Waals surface area contributed by atoms with E-state index < -0.39 is 0 Å². The molecule has 3 rings (SSSR count). The van der Waals surface area contributed by atoms with Crippen LogP contribution in [0.3, 0.4) is 0 Å². The first kappa shape index (κ1) is 17.4. The normalized spacial score (nSPS) is 16.6. The van der Waals surface area contributed by atoms with Crippen molar-refractivity contribution < 1.29 is 4.79 Å². The van der Waals surface area contributed by atoms with E-state index in [1.807, 2.05) is 24.3 Å². The number of hydrogen-bond acceptors (Lipinski definition) is 3. The molecule has 0 aliphatic heterocycles. The molecule has 0 radical (unpaired) electrons. The fourth-order valence-corrected chi connectivity index (χ4v) is 3.22. The molecule has 1 amide bonds. The minimum Gasteiger partial charge on any atom is -0.324 e. The number of anilines is 1. The van der Waals surface area contributed by atoms with Gasteiger partial charge in [-0.15, -0.1) is 0 Å². The highest BCUT2D eigenvalue weighted by Gasteiger charge is 2.18. The number of fused-ring (bicyclic) bond motifs is 1. The minimum atomic E-state index is -0.240. The number of aromatic nitrogens is 2. The van der Waals surface area contributed by atoms with Crippen LogP contribution < -0.4 is 10.9 Å². The standard InChI is InChI=1S/C20H25N3O2/c1-13(2)15-5-7-17(8-6-15)21-19(24)12-23-20(25)11-16-10-14(3)4-9-18(16)22-23/h5-8,11,13-14H,4,9-10,12H2,1-3H3,(H,21,24)/t14-/m0/s1. The van der Waals surface area contributed by atoms with Gasteiger partial charge >= 0.3 is 0 Å². The number of carbonyl (C=O) groups is 1. The number of amides is 1. The monoisotopic (exact) mass is 339 g/mol. The maximum absolute atomic E-state index is 12.3. The summed E-state index contributed by atoms with van der Waals surface area (Å²) in [5.41, 5.74) is 3.73. The van der Waals surface area contributed by atoms with Crippen molar-refractivity contribution in [1.82, 2.24) is 9.78 Å². The van der Waals surface area contributed by atoms with Crippen LogP contribution in [0.25, 0.3) is 0 Å². The van der Waals surface area contributed by atoms with Crippen LogP contribution in [0.2, 0.25) is 0 Å². The predicted octanol–water partition coefficient (Wildman–Crippen LogP) is 3.13. The van der Waals surface area contributed by atoms with Gasteiger partial charge in [0, 0.05) is 11.8 Å². The predicted molar refractivity (Wildman–Crippen MR) is 98.8 cm³/mol. The van der Waals surface area contributed by atoms with E-state index in [9.17, 15) is 9.59 Å². The first-order valence-electron chi connectivity index (χ1n) is 8.92. The Morgan fingerprint density at radius 1 is 1.32 bits per heavy atom. The first-order chi connectivity index (χ1) is 11.9. The highest BCUT2D eigenvalue weighted by atomic mass is 16.2. The highest BCUT2D eigenvalue weighted by Crippen LogP contribution is 2.22. The Morgan fingerprint density at radius 2 is 2.04 bits per heavy atom. The van der Waals surface area contributed by atoms with Crippen molar-refractivity contribution in [2.45, 2.75) is 52.5 Å². The van der Waals surface area contributed by atoms with Gasteiger partial charge in [0.05, 0.1) is 5.69 Å². The molecule has 0 saturated heterocycles. The molecule has 5 heteroatoms. The quantitative estimate of drug-likeness (QED) is 0.931. The molecule has 2 aromatic rings. The molecule has 0 bridgehead atoms. The van der Waals surface area contributed by atoms with Gasteiger partial charge < -0.3 is 5.32 Å². The lowest BCUT2D eigenvalue weighted by Gasteiger charge is -2.20. The van der Waals surface area contributed by atoms with Crippen LogP contribution in [0, 0.1) is 5.92 Å². The largest absolute Gasteiger partial charge is 0.324 e. The van der Waals surface area contributed by atoms with E-state index in [1.165, 1.54) is 10.2 Å². The summed E-state index contributed by atoms with van der Waals surface area (Å²) in [5.74, 6) is 0.795. The van der Waals surface area contributed by atoms with Gasteiger partial charge in [0.1, 0.15) is 6.54 Å². The van der Waals surface area contributed by atoms with Gasteiger partial charge in [-0.3, -0.25) is 9.59 Å². The van der Waals surface area contributed by atoms with Crippen LogP contribution in [-0.4, -0.2) is 15.7 Å². The molecule has 1 aromatic heterocycles. The Morgan fingerprint density at radius 3 is 2.72 bits per heavy atom. The summed E-state index contributed by atoms with van der Waals surface area (Å²) in [6, 6.07) is 9.42. The molecule has 1 aromatic carbocycles. The topological polar surface area (TPSA) is 64.0 Å². The van der Waals surface area contributed by atoms with Crippen molar-refractivity contribution in [2.75, 3.05) is 5.32 Å². The minimum absolute atomic E-state index is 0.0619. The van der Waals surface area contributed by atoms with Crippen LogP contribution >= 0.6 is 0 Å². The number of rotatable bonds is 4. The van der Waals surface area contributed by atoms with Crippen molar-refractivity contribution in [3.63, 3.8) is 0 Å². The lowest BCUT2D eigenvalue weighted by atomic mass is 9.88. The first-order valence-corrected chi connectivity index (χ1v) is 8.92. The molecule has 0 saturated carbocycles. The molecule has 25 heavy (non-hydrogen) atoms. The Kier molecular flexibility index (Phi) is 5.02. The van der Waals surface area contributed by atoms with Gasteiger partial charge in [-0.1, -0.05) is 32.9 Å². The third-order valence-electron chi connectivity index (χ3n) is 4.76. The van der Waals surface area contributed by atoms with Gasteiger partial charge in [-0.05, 0) is 54.4 Å². The van der Waals surface area contributed by atoms with Crippen molar-refractivity contribution in [2.24, 2.45) is 5.92 Å². The summed E-state index contributed by atoms with van der Waals surface area (Å²) >= 11 is 0. The molecule has 1 heterocycles. The molecular formula is C20H25N3O2. The number of benzene rings is 1. The second kappa shape index (κ2) is 7.21. The maximum Gasteiger partial charge on any atom is 0.267 e. The fourth-order valence-electron chi connectivity index (χ4n) is 3.22. The zero-order chi connectivity index (χ0) is 18.0. The molecule has 1 aliphatic rings. The second-order valence-corrected chi connectivity index (χ2v) is 7.29. The third kappa shape index (κ3) is 4.16. The lowest BCUT2D eigenvalue weighted by Crippen LogP contribution is -2.32. The average molecular weight is 339 g/mol. The summed E-state index contributed by atoms with van der Waals surface area (Å²) in [4.78, 5) is 24.5. The van der Waals surface area contributed by atoms with E-state index in [-0.39, 0.29) is 18.0 Å². The molecule has 5 nitrogen and oxygen atoms in total. The van der Waals surface area contributed by atoms with Crippen LogP contribution in [0.4, 0.5) is 5.69 Å². The van der Waals surface area contributed by atoms with Crippen molar-refractivity contribution in [3.05, 3.63) is 57.5 Å². The molecule has 0 fully saturated rings. The summed E-state index contributed by atoms with van der Waals surface area (Å²) in [6.45, 7) is 6.38. The summed E-state index contributed by atoms with van der Waals surface area (Å²) in [6.07, 6.45) is 2.84. The third-order valence-corrected chi connectivity index (χ3v) is 4.76. The Labute approximate surface area is 148 Å². The highest BCUT2D eigenvalue weighted by molar-refractivity contribution is 5.90. The van der Waals surface area contributed by atoms with Crippen LogP contribution in [0.15, 0.2) is 35.1 Å². The summed E-state index contributed by atoms with van der Waals surface area (Å²) < 4.78 is 1.27. The van der Waals surface area contributed by atoms with Gasteiger partial charge in [0.25, 0.3) is 5.56 Å². The van der Waals surface area contributed by atoms with Crippen molar-refractivity contribution >= 4 is 11.6 Å². The van der Waals surface area contributed by atoms with E-state index in [1.54, 1.807) is 6.07 Å². The van der Waals surface area contributed by atoms with Crippen molar-refractivity contribution in [3.8, 4) is 0 Å². The second-order valence-electron chi connectivity index (χ2n) is 7.29. The molecule has 0 spiro atoms. The smallest absolute Gasteiger partial charge is 0.267 e. The number of carbonyl (C=O) groups excluding carboxylic acids is 1. The zero-order valence-corrected chi connectivity index (χ0v) is 15.1. The average Bonchev–Trinajstić information content (AvgIpc) is 2.56. The van der Waals surface area contributed by atoms with Crippen LogP contribution in [0.5, 0.6) is 0 Å². The molecule has 1 atom stereocenters. The number of nitrogens with zero attached hydrogens (tertiary/aromatic N) is 2. The fraction of sp³-hybridized carbons (Fsp3) is 0.450. The summed E-state index contributed by atoms with van der Waals surface area (Å²) in [7, 11) is 0.